The van der Waals surface area contributed by atoms with E-state index < -0.39 is 0 Å². The minimum absolute atomic E-state index is 0.0196. The van der Waals surface area contributed by atoms with Crippen molar-refractivity contribution in [1.82, 2.24) is 10.1 Å². The Kier molecular flexibility index (Phi) is 4.52. The van der Waals surface area contributed by atoms with E-state index >= 15 is 0 Å². The first-order valence-corrected chi connectivity index (χ1v) is 8.09. The lowest BCUT2D eigenvalue weighted by atomic mass is 10.1. The third kappa shape index (κ3) is 3.48. The Balaban J connectivity index is 1.75. The van der Waals surface area contributed by atoms with Gasteiger partial charge in [0.25, 0.3) is 5.91 Å². The molecular formula is C17H15FN2O2S. The number of benzene rings is 1. The molecule has 2 aromatic heterocycles. The van der Waals surface area contributed by atoms with Crippen LogP contribution in [0.1, 0.15) is 22.3 Å². The minimum atomic E-state index is -0.299. The van der Waals surface area contributed by atoms with Crippen molar-refractivity contribution in [2.45, 2.75) is 13.5 Å². The van der Waals surface area contributed by atoms with Crippen molar-refractivity contribution in [3.05, 3.63) is 64.2 Å². The topological polar surface area (TPSA) is 46.3 Å². The van der Waals surface area contributed by atoms with Crippen LogP contribution in [-0.2, 0) is 6.54 Å². The average molecular weight is 330 g/mol. The molecule has 3 aromatic rings. The van der Waals surface area contributed by atoms with Gasteiger partial charge in [-0.25, -0.2) is 4.39 Å². The van der Waals surface area contributed by atoms with E-state index in [-0.39, 0.29) is 11.7 Å². The molecule has 23 heavy (non-hydrogen) atoms. The van der Waals surface area contributed by atoms with Gasteiger partial charge in [-0.2, -0.15) is 0 Å². The molecule has 4 nitrogen and oxygen atoms in total. The van der Waals surface area contributed by atoms with Crippen molar-refractivity contribution in [2.75, 3.05) is 6.54 Å². The Labute approximate surface area is 137 Å². The van der Waals surface area contributed by atoms with Crippen molar-refractivity contribution < 1.29 is 13.7 Å². The van der Waals surface area contributed by atoms with Gasteiger partial charge in [0.15, 0.2) is 5.76 Å². The highest BCUT2D eigenvalue weighted by Gasteiger charge is 2.17. The summed E-state index contributed by atoms with van der Waals surface area (Å²) in [5.74, 6) is 0.237. The molecule has 0 aliphatic heterocycles. The molecule has 0 saturated carbocycles. The molecular weight excluding hydrogens is 315 g/mol. The third-order valence-corrected chi connectivity index (χ3v) is 4.30. The predicted octanol–water partition coefficient (Wildman–Crippen LogP) is 4.20. The van der Waals surface area contributed by atoms with E-state index in [2.05, 4.69) is 5.16 Å². The Morgan fingerprint density at radius 2 is 2.09 bits per heavy atom. The number of halogens is 1. The number of carbonyl (C=O) groups excluding carboxylic acids is 1. The van der Waals surface area contributed by atoms with E-state index in [0.717, 1.165) is 5.56 Å². The molecule has 0 unspecified atom stereocenters. The predicted molar refractivity (Wildman–Crippen MR) is 86.6 cm³/mol. The number of aromatic nitrogens is 1. The van der Waals surface area contributed by atoms with Crippen LogP contribution in [-0.4, -0.2) is 22.5 Å². The lowest BCUT2D eigenvalue weighted by Crippen LogP contribution is -2.29. The molecule has 1 amide bonds. The second-order valence-corrected chi connectivity index (χ2v) is 5.93. The van der Waals surface area contributed by atoms with Crippen molar-refractivity contribution in [3.8, 4) is 11.3 Å². The van der Waals surface area contributed by atoms with E-state index in [4.69, 9.17) is 4.52 Å². The zero-order valence-corrected chi connectivity index (χ0v) is 13.3. The third-order valence-electron chi connectivity index (χ3n) is 3.44. The first kappa shape index (κ1) is 15.4. The van der Waals surface area contributed by atoms with Crippen LogP contribution in [0.2, 0.25) is 0 Å². The Morgan fingerprint density at radius 3 is 2.74 bits per heavy atom. The monoisotopic (exact) mass is 330 g/mol. The summed E-state index contributed by atoms with van der Waals surface area (Å²) in [6, 6.07) is 11.4. The molecule has 0 bridgehead atoms. The maximum Gasteiger partial charge on any atom is 0.264 e. The summed E-state index contributed by atoms with van der Waals surface area (Å²) in [5.41, 5.74) is 1.41. The molecule has 118 valence electrons. The number of carbonyl (C=O) groups is 1. The van der Waals surface area contributed by atoms with Crippen LogP contribution in [0.4, 0.5) is 4.39 Å². The van der Waals surface area contributed by atoms with Gasteiger partial charge >= 0.3 is 0 Å². The quantitative estimate of drug-likeness (QED) is 0.704. The summed E-state index contributed by atoms with van der Waals surface area (Å²) >= 11 is 1.42. The highest BCUT2D eigenvalue weighted by molar-refractivity contribution is 7.12. The first-order valence-electron chi connectivity index (χ1n) is 7.21. The second-order valence-electron chi connectivity index (χ2n) is 4.99. The van der Waals surface area contributed by atoms with Gasteiger partial charge in [-0.1, -0.05) is 11.2 Å². The van der Waals surface area contributed by atoms with Gasteiger partial charge in [0, 0.05) is 18.2 Å². The van der Waals surface area contributed by atoms with Crippen LogP contribution >= 0.6 is 11.3 Å². The molecule has 0 fully saturated rings. The number of amides is 1. The molecule has 1 aromatic carbocycles. The van der Waals surface area contributed by atoms with Gasteiger partial charge in [0.2, 0.25) is 0 Å². The van der Waals surface area contributed by atoms with Gasteiger partial charge in [0.1, 0.15) is 11.5 Å². The SMILES string of the molecule is CCN(Cc1cc(-c2ccc(F)cc2)on1)C(=O)c1cccs1. The Hall–Kier alpha value is -2.47. The molecule has 2 heterocycles. The summed E-state index contributed by atoms with van der Waals surface area (Å²) in [4.78, 5) is 14.8. The van der Waals surface area contributed by atoms with Crippen LogP contribution < -0.4 is 0 Å². The van der Waals surface area contributed by atoms with Crippen molar-refractivity contribution in [2.24, 2.45) is 0 Å². The Bertz CT molecular complexity index is 781. The number of nitrogens with zero attached hydrogens (tertiary/aromatic N) is 2. The fraction of sp³-hybridized carbons (Fsp3) is 0.176. The molecule has 0 aliphatic rings. The van der Waals surface area contributed by atoms with Gasteiger partial charge in [-0.3, -0.25) is 4.79 Å². The second kappa shape index (κ2) is 6.75. The fourth-order valence-electron chi connectivity index (χ4n) is 2.22. The highest BCUT2D eigenvalue weighted by atomic mass is 32.1. The minimum Gasteiger partial charge on any atom is -0.356 e. The van der Waals surface area contributed by atoms with Crippen LogP contribution in [0.25, 0.3) is 11.3 Å². The molecule has 0 spiro atoms. The summed E-state index contributed by atoms with van der Waals surface area (Å²) in [5, 5.41) is 5.89. The van der Waals surface area contributed by atoms with E-state index in [0.29, 0.717) is 29.4 Å². The maximum absolute atomic E-state index is 13.0. The smallest absolute Gasteiger partial charge is 0.264 e. The van der Waals surface area contributed by atoms with Crippen LogP contribution in [0.5, 0.6) is 0 Å². The molecule has 0 saturated heterocycles. The van der Waals surface area contributed by atoms with E-state index in [9.17, 15) is 9.18 Å². The number of rotatable bonds is 5. The molecule has 0 aliphatic carbocycles. The maximum atomic E-state index is 13.0. The molecule has 0 radical (unpaired) electrons. The number of thiophene rings is 1. The van der Waals surface area contributed by atoms with Crippen molar-refractivity contribution >= 4 is 17.2 Å². The number of hydrogen-bond donors (Lipinski definition) is 0. The van der Waals surface area contributed by atoms with E-state index in [1.54, 1.807) is 23.1 Å². The molecule has 0 N–H and O–H groups in total. The summed E-state index contributed by atoms with van der Waals surface area (Å²) in [7, 11) is 0. The van der Waals surface area contributed by atoms with Crippen LogP contribution in [0.15, 0.2) is 52.4 Å². The van der Waals surface area contributed by atoms with Crippen LogP contribution in [0.3, 0.4) is 0 Å². The Morgan fingerprint density at radius 1 is 1.30 bits per heavy atom. The van der Waals surface area contributed by atoms with Crippen LogP contribution in [0, 0.1) is 5.82 Å². The van der Waals surface area contributed by atoms with E-state index in [1.807, 2.05) is 24.4 Å². The van der Waals surface area contributed by atoms with E-state index in [1.165, 1.54) is 23.5 Å². The van der Waals surface area contributed by atoms with Gasteiger partial charge in [0.05, 0.1) is 11.4 Å². The molecule has 3 rings (SSSR count). The summed E-state index contributed by atoms with van der Waals surface area (Å²) in [6.45, 7) is 2.87. The first-order chi connectivity index (χ1) is 11.2. The van der Waals surface area contributed by atoms with Gasteiger partial charge < -0.3 is 9.42 Å². The zero-order chi connectivity index (χ0) is 16.2. The standard InChI is InChI=1S/C17H15FN2O2S/c1-2-20(17(21)16-4-3-9-23-16)11-14-10-15(22-19-14)12-5-7-13(18)8-6-12/h3-10H,2,11H2,1H3. The largest absolute Gasteiger partial charge is 0.356 e. The summed E-state index contributed by atoms with van der Waals surface area (Å²) < 4.78 is 18.3. The van der Waals surface area contributed by atoms with Gasteiger partial charge in [-0.15, -0.1) is 11.3 Å². The summed E-state index contributed by atoms with van der Waals surface area (Å²) in [6.07, 6.45) is 0. The lowest BCUT2D eigenvalue weighted by Gasteiger charge is -2.18. The molecule has 6 heteroatoms. The van der Waals surface area contributed by atoms with Crippen molar-refractivity contribution in [3.63, 3.8) is 0 Å². The number of hydrogen-bond acceptors (Lipinski definition) is 4. The van der Waals surface area contributed by atoms with Crippen molar-refractivity contribution in [1.29, 1.82) is 0 Å². The van der Waals surface area contributed by atoms with Gasteiger partial charge in [-0.05, 0) is 42.6 Å². The fourth-order valence-corrected chi connectivity index (χ4v) is 2.91. The highest BCUT2D eigenvalue weighted by Crippen LogP contribution is 2.22. The lowest BCUT2D eigenvalue weighted by molar-refractivity contribution is 0.0754. The zero-order valence-electron chi connectivity index (χ0n) is 12.5. The normalized spacial score (nSPS) is 10.7. The molecule has 0 atom stereocenters. The average Bonchev–Trinajstić information content (AvgIpc) is 3.24.